The molecule has 12 rings (SSSR count). The van der Waals surface area contributed by atoms with Crippen LogP contribution in [0.15, 0.2) is 186 Å². The van der Waals surface area contributed by atoms with Crippen LogP contribution in [-0.2, 0) is 5.41 Å². The van der Waals surface area contributed by atoms with Gasteiger partial charge in [0.1, 0.15) is 11.2 Å². The highest BCUT2D eigenvalue weighted by molar-refractivity contribution is 6.15. The van der Waals surface area contributed by atoms with Crippen molar-refractivity contribution in [3.63, 3.8) is 0 Å². The summed E-state index contributed by atoms with van der Waals surface area (Å²) >= 11 is 0. The van der Waals surface area contributed by atoms with Crippen molar-refractivity contribution >= 4 is 43.7 Å². The minimum Gasteiger partial charge on any atom is -0.455 e. The molecule has 0 radical (unpaired) electrons. The molecular formula is C54H36N4O. The molecule has 1 aliphatic carbocycles. The first-order chi connectivity index (χ1) is 29.0. The summed E-state index contributed by atoms with van der Waals surface area (Å²) in [7, 11) is 0. The second-order valence-corrected chi connectivity index (χ2v) is 16.0. The lowest BCUT2D eigenvalue weighted by Crippen LogP contribution is -2.16. The summed E-state index contributed by atoms with van der Waals surface area (Å²) in [6.45, 7) is 4.74. The molecule has 3 heterocycles. The van der Waals surface area contributed by atoms with Gasteiger partial charge in [0.2, 0.25) is 0 Å². The molecule has 0 unspecified atom stereocenters. The lowest BCUT2D eigenvalue weighted by atomic mass is 9.81. The average Bonchev–Trinajstić information content (AvgIpc) is 3.91. The molecule has 59 heavy (non-hydrogen) atoms. The molecule has 278 valence electrons. The molecule has 1 aliphatic rings. The van der Waals surface area contributed by atoms with Crippen molar-refractivity contribution in [3.8, 4) is 62.1 Å². The molecule has 0 amide bonds. The van der Waals surface area contributed by atoms with Crippen LogP contribution in [0.25, 0.3) is 106 Å². The second kappa shape index (κ2) is 12.7. The van der Waals surface area contributed by atoms with Gasteiger partial charge in [0.25, 0.3) is 0 Å². The third-order valence-electron chi connectivity index (χ3n) is 12.2. The Labute approximate surface area is 340 Å². The number of hydrogen-bond donors (Lipinski definition) is 0. The summed E-state index contributed by atoms with van der Waals surface area (Å²) in [5.41, 5.74) is 15.1. The number of furan rings is 1. The number of para-hydroxylation sites is 1. The molecule has 0 N–H and O–H groups in total. The number of fused-ring (bicyclic) bond motifs is 10. The average molecular weight is 757 g/mol. The van der Waals surface area contributed by atoms with Crippen LogP contribution in [-0.4, -0.2) is 19.5 Å². The number of aromatic nitrogens is 4. The minimum absolute atomic E-state index is 0.196. The molecule has 8 aromatic carbocycles. The van der Waals surface area contributed by atoms with Crippen molar-refractivity contribution in [2.45, 2.75) is 19.3 Å². The number of benzene rings is 8. The van der Waals surface area contributed by atoms with Crippen LogP contribution in [0.4, 0.5) is 0 Å². The van der Waals surface area contributed by atoms with E-state index >= 15 is 0 Å². The number of rotatable bonds is 5. The molecule has 0 bridgehead atoms. The van der Waals surface area contributed by atoms with E-state index in [1.807, 2.05) is 60.7 Å². The molecule has 0 spiro atoms. The van der Waals surface area contributed by atoms with Gasteiger partial charge in [-0.3, -0.25) is 0 Å². The van der Waals surface area contributed by atoms with Gasteiger partial charge in [-0.1, -0.05) is 166 Å². The number of nitrogens with zero attached hydrogens (tertiary/aromatic N) is 4. The first-order valence-electron chi connectivity index (χ1n) is 20.1. The smallest absolute Gasteiger partial charge is 0.164 e. The van der Waals surface area contributed by atoms with Gasteiger partial charge in [-0.05, 0) is 58.1 Å². The van der Waals surface area contributed by atoms with Crippen molar-refractivity contribution in [1.29, 1.82) is 0 Å². The van der Waals surface area contributed by atoms with Gasteiger partial charge < -0.3 is 8.98 Å². The summed E-state index contributed by atoms with van der Waals surface area (Å²) in [6.07, 6.45) is 0. The zero-order valence-electron chi connectivity index (χ0n) is 32.5. The Morgan fingerprint density at radius 2 is 1.03 bits per heavy atom. The summed E-state index contributed by atoms with van der Waals surface area (Å²) in [5.74, 6) is 1.84. The Hall–Kier alpha value is -7.63. The van der Waals surface area contributed by atoms with Crippen LogP contribution in [0.2, 0.25) is 0 Å². The van der Waals surface area contributed by atoms with Gasteiger partial charge in [-0.2, -0.15) is 0 Å². The Kier molecular flexibility index (Phi) is 7.20. The Morgan fingerprint density at radius 1 is 0.441 bits per heavy atom. The van der Waals surface area contributed by atoms with Gasteiger partial charge in [-0.25, -0.2) is 15.0 Å². The fourth-order valence-electron chi connectivity index (χ4n) is 9.48. The van der Waals surface area contributed by atoms with Gasteiger partial charge in [0.15, 0.2) is 17.5 Å². The molecule has 0 atom stereocenters. The topological polar surface area (TPSA) is 56.7 Å². The van der Waals surface area contributed by atoms with E-state index in [1.54, 1.807) is 0 Å². The Balaban J connectivity index is 1.11. The van der Waals surface area contributed by atoms with Gasteiger partial charge in [0, 0.05) is 54.9 Å². The van der Waals surface area contributed by atoms with E-state index in [9.17, 15) is 0 Å². The van der Waals surface area contributed by atoms with Gasteiger partial charge >= 0.3 is 0 Å². The quantitative estimate of drug-likeness (QED) is 0.175. The van der Waals surface area contributed by atoms with Crippen molar-refractivity contribution < 1.29 is 4.42 Å². The predicted octanol–water partition coefficient (Wildman–Crippen LogP) is 13.8. The highest BCUT2D eigenvalue weighted by Crippen LogP contribution is 2.53. The molecular weight excluding hydrogens is 721 g/mol. The molecule has 5 nitrogen and oxygen atoms in total. The van der Waals surface area contributed by atoms with Crippen LogP contribution in [0.3, 0.4) is 0 Å². The summed E-state index contributed by atoms with van der Waals surface area (Å²) in [6, 6.07) is 64.1. The molecule has 5 heteroatoms. The summed E-state index contributed by atoms with van der Waals surface area (Å²) in [4.78, 5) is 15.0. The first kappa shape index (κ1) is 33.5. The highest BCUT2D eigenvalue weighted by atomic mass is 16.3. The van der Waals surface area contributed by atoms with Crippen molar-refractivity contribution in [2.75, 3.05) is 0 Å². The molecule has 3 aromatic heterocycles. The lowest BCUT2D eigenvalue weighted by molar-refractivity contribution is 0.663. The monoisotopic (exact) mass is 756 g/mol. The van der Waals surface area contributed by atoms with E-state index in [2.05, 4.69) is 140 Å². The normalized spacial score (nSPS) is 13.1. The molecule has 0 saturated heterocycles. The third kappa shape index (κ3) is 5.08. The maximum absolute atomic E-state index is 6.95. The SMILES string of the molecule is CC1(C)c2ccccc2-c2ccc3c4ccccc4n(-c4cc(-c5ccccc5)c5oc6cc(-c7nc(-c8ccccc8)nc(-c8ccccc8)n7)ccc6c5c4)c3c21. The number of hydrogen-bond acceptors (Lipinski definition) is 4. The van der Waals surface area contributed by atoms with Crippen LogP contribution >= 0.6 is 0 Å². The molecule has 0 saturated carbocycles. The second-order valence-electron chi connectivity index (χ2n) is 16.0. The minimum atomic E-state index is -0.196. The summed E-state index contributed by atoms with van der Waals surface area (Å²) < 4.78 is 9.44. The van der Waals surface area contributed by atoms with Crippen molar-refractivity contribution in [3.05, 3.63) is 193 Å². The summed E-state index contributed by atoms with van der Waals surface area (Å²) in [5, 5.41) is 4.57. The zero-order chi connectivity index (χ0) is 39.2. The maximum atomic E-state index is 6.95. The van der Waals surface area contributed by atoms with Crippen molar-refractivity contribution in [2.24, 2.45) is 0 Å². The lowest BCUT2D eigenvalue weighted by Gasteiger charge is -2.24. The largest absolute Gasteiger partial charge is 0.455 e. The van der Waals surface area contributed by atoms with Crippen LogP contribution in [0.1, 0.15) is 25.0 Å². The van der Waals surface area contributed by atoms with Crippen LogP contribution < -0.4 is 0 Å². The van der Waals surface area contributed by atoms with E-state index in [0.29, 0.717) is 17.5 Å². The van der Waals surface area contributed by atoms with Gasteiger partial charge in [0.05, 0.1) is 11.0 Å². The van der Waals surface area contributed by atoms with E-state index in [1.165, 1.54) is 44.1 Å². The first-order valence-corrected chi connectivity index (χ1v) is 20.1. The Morgan fingerprint density at radius 3 is 1.75 bits per heavy atom. The molecule has 0 fully saturated rings. The molecule has 11 aromatic rings. The predicted molar refractivity (Wildman–Crippen MR) is 241 cm³/mol. The fraction of sp³-hybridized carbons (Fsp3) is 0.0556. The van der Waals surface area contributed by atoms with Crippen LogP contribution in [0, 0.1) is 0 Å². The fourth-order valence-corrected chi connectivity index (χ4v) is 9.48. The van der Waals surface area contributed by atoms with E-state index in [4.69, 9.17) is 19.4 Å². The van der Waals surface area contributed by atoms with E-state index in [-0.39, 0.29) is 5.41 Å². The molecule has 0 aliphatic heterocycles. The van der Waals surface area contributed by atoms with E-state index in [0.717, 1.165) is 55.4 Å². The van der Waals surface area contributed by atoms with Gasteiger partial charge in [-0.15, -0.1) is 0 Å². The van der Waals surface area contributed by atoms with E-state index < -0.39 is 0 Å². The third-order valence-corrected chi connectivity index (χ3v) is 12.2. The standard InChI is InChI=1S/C54H36N4O/c1-54(2)45-24-14-12-22-38(45)41-28-29-42-39-23-13-15-25-46(39)58(49(42)48(41)54)37-31-43(33-16-6-3-7-17-33)50-44(32-37)40-27-26-36(30-47(40)59-50)53-56-51(34-18-8-4-9-19-34)55-52(57-53)35-20-10-5-11-21-35/h3-32H,1-2H3. The zero-order valence-corrected chi connectivity index (χ0v) is 32.5. The highest BCUT2D eigenvalue weighted by Gasteiger charge is 2.38. The van der Waals surface area contributed by atoms with Crippen molar-refractivity contribution in [1.82, 2.24) is 19.5 Å². The maximum Gasteiger partial charge on any atom is 0.164 e. The Bertz CT molecular complexity index is 3400. The van der Waals surface area contributed by atoms with Crippen LogP contribution in [0.5, 0.6) is 0 Å².